The molecule has 1 unspecified atom stereocenters. The number of benzene rings is 1. The van der Waals surface area contributed by atoms with E-state index in [1.807, 2.05) is 0 Å². The highest BCUT2D eigenvalue weighted by molar-refractivity contribution is 7.90. The van der Waals surface area contributed by atoms with Crippen LogP contribution in [0, 0.1) is 0 Å². The average Bonchev–Trinajstić information content (AvgIpc) is 2.28. The number of ether oxygens (including phenoxy) is 1. The van der Waals surface area contributed by atoms with Crippen LogP contribution in [0.4, 0.5) is 5.69 Å². The Morgan fingerprint density at radius 2 is 1.94 bits per heavy atom. The molecule has 0 aliphatic rings. The molecule has 0 aromatic heterocycles. The fraction of sp³-hybridized carbons (Fsp3) is 0.455. The average molecular weight is 259 g/mol. The first-order valence-corrected chi connectivity index (χ1v) is 7.03. The summed E-state index contributed by atoms with van der Waals surface area (Å²) in [7, 11) is -1.61. The lowest BCUT2D eigenvalue weighted by Gasteiger charge is -2.16. The molecule has 1 rings (SSSR count). The van der Waals surface area contributed by atoms with Crippen molar-refractivity contribution < 1.29 is 18.3 Å². The molecule has 0 radical (unpaired) electrons. The SMILES string of the molecule is COCC(CO)Nc1ccc(S(C)(=O)=O)cc1. The lowest BCUT2D eigenvalue weighted by Crippen LogP contribution is -2.28. The van der Waals surface area contributed by atoms with E-state index < -0.39 is 9.84 Å². The highest BCUT2D eigenvalue weighted by Gasteiger charge is 2.09. The zero-order valence-electron chi connectivity index (χ0n) is 9.88. The van der Waals surface area contributed by atoms with Gasteiger partial charge >= 0.3 is 0 Å². The fourth-order valence-electron chi connectivity index (χ4n) is 1.38. The summed E-state index contributed by atoms with van der Waals surface area (Å²) in [6.45, 7) is 0.325. The first-order chi connectivity index (χ1) is 7.97. The van der Waals surface area contributed by atoms with E-state index in [9.17, 15) is 8.42 Å². The van der Waals surface area contributed by atoms with Gasteiger partial charge in [-0.3, -0.25) is 0 Å². The summed E-state index contributed by atoms with van der Waals surface area (Å²) in [6.07, 6.45) is 1.16. The molecule has 1 aromatic rings. The van der Waals surface area contributed by atoms with Gasteiger partial charge < -0.3 is 15.2 Å². The molecule has 96 valence electrons. The summed E-state index contributed by atoms with van der Waals surface area (Å²) < 4.78 is 27.4. The van der Waals surface area contributed by atoms with Crippen LogP contribution in [-0.4, -0.2) is 46.1 Å². The Bertz CT molecular complexity index is 441. The number of methoxy groups -OCH3 is 1. The van der Waals surface area contributed by atoms with Crippen molar-refractivity contribution in [1.29, 1.82) is 0 Å². The van der Waals surface area contributed by atoms with E-state index in [-0.39, 0.29) is 17.5 Å². The molecular weight excluding hydrogens is 242 g/mol. The van der Waals surface area contributed by atoms with Crippen molar-refractivity contribution in [2.24, 2.45) is 0 Å². The zero-order valence-corrected chi connectivity index (χ0v) is 10.7. The maximum atomic E-state index is 11.2. The Morgan fingerprint density at radius 3 is 2.35 bits per heavy atom. The standard InChI is InChI=1S/C11H17NO4S/c1-16-8-10(7-13)12-9-3-5-11(6-4-9)17(2,14)15/h3-6,10,12-13H,7-8H2,1-2H3. The maximum absolute atomic E-state index is 11.2. The summed E-state index contributed by atoms with van der Waals surface area (Å²) >= 11 is 0. The first kappa shape index (κ1) is 14.0. The van der Waals surface area contributed by atoms with Crippen molar-refractivity contribution in [3.05, 3.63) is 24.3 Å². The second-order valence-electron chi connectivity index (χ2n) is 3.78. The molecule has 0 saturated carbocycles. The Morgan fingerprint density at radius 1 is 1.35 bits per heavy atom. The Balaban J connectivity index is 2.74. The highest BCUT2D eigenvalue weighted by Crippen LogP contribution is 2.14. The molecule has 6 heteroatoms. The van der Waals surface area contributed by atoms with E-state index in [0.29, 0.717) is 6.61 Å². The fourth-order valence-corrected chi connectivity index (χ4v) is 2.01. The molecular formula is C11H17NO4S. The topological polar surface area (TPSA) is 75.6 Å². The van der Waals surface area contributed by atoms with E-state index in [2.05, 4.69) is 5.32 Å². The van der Waals surface area contributed by atoms with Gasteiger partial charge in [0.05, 0.1) is 24.2 Å². The van der Waals surface area contributed by atoms with Crippen LogP contribution in [0.15, 0.2) is 29.2 Å². The van der Waals surface area contributed by atoms with Gasteiger partial charge in [0.15, 0.2) is 9.84 Å². The van der Waals surface area contributed by atoms with Crippen LogP contribution >= 0.6 is 0 Å². The molecule has 0 bridgehead atoms. The van der Waals surface area contributed by atoms with Crippen LogP contribution in [0.2, 0.25) is 0 Å². The number of hydrogen-bond acceptors (Lipinski definition) is 5. The molecule has 0 aliphatic heterocycles. The van der Waals surface area contributed by atoms with Crippen LogP contribution in [0.1, 0.15) is 0 Å². The Kier molecular flexibility index (Phi) is 4.92. The molecule has 0 saturated heterocycles. The number of rotatable bonds is 6. The lowest BCUT2D eigenvalue weighted by molar-refractivity contribution is 0.153. The highest BCUT2D eigenvalue weighted by atomic mass is 32.2. The van der Waals surface area contributed by atoms with E-state index in [4.69, 9.17) is 9.84 Å². The number of nitrogens with one attached hydrogen (secondary N) is 1. The zero-order chi connectivity index (χ0) is 12.9. The van der Waals surface area contributed by atoms with Gasteiger partial charge in [-0.2, -0.15) is 0 Å². The third-order valence-corrected chi connectivity index (χ3v) is 3.37. The van der Waals surface area contributed by atoms with Crippen molar-refractivity contribution in [2.75, 3.05) is 31.9 Å². The predicted molar refractivity (Wildman–Crippen MR) is 65.9 cm³/mol. The number of aliphatic hydroxyl groups excluding tert-OH is 1. The second-order valence-corrected chi connectivity index (χ2v) is 5.79. The molecule has 0 heterocycles. The minimum absolute atomic E-state index is 0.0539. The van der Waals surface area contributed by atoms with Crippen LogP contribution < -0.4 is 5.32 Å². The van der Waals surface area contributed by atoms with Gasteiger partial charge in [-0.1, -0.05) is 0 Å². The molecule has 1 atom stereocenters. The number of anilines is 1. The molecule has 5 nitrogen and oxygen atoms in total. The van der Waals surface area contributed by atoms with Gasteiger partial charge in [0.25, 0.3) is 0 Å². The van der Waals surface area contributed by atoms with Gasteiger partial charge in [-0.05, 0) is 24.3 Å². The van der Waals surface area contributed by atoms with Gasteiger partial charge in [-0.15, -0.1) is 0 Å². The number of aliphatic hydroxyl groups is 1. The monoisotopic (exact) mass is 259 g/mol. The van der Waals surface area contributed by atoms with Crippen LogP contribution in [0.5, 0.6) is 0 Å². The summed E-state index contributed by atoms with van der Waals surface area (Å²) in [5.41, 5.74) is 0.744. The lowest BCUT2D eigenvalue weighted by atomic mass is 10.2. The minimum atomic E-state index is -3.17. The summed E-state index contributed by atoms with van der Waals surface area (Å²) in [6, 6.07) is 6.17. The van der Waals surface area contributed by atoms with Crippen molar-refractivity contribution in [1.82, 2.24) is 0 Å². The van der Waals surface area contributed by atoms with Crippen molar-refractivity contribution in [3.63, 3.8) is 0 Å². The molecule has 0 amide bonds. The summed E-state index contributed by atoms with van der Waals surface area (Å²) in [5, 5.41) is 12.1. The third kappa shape index (κ3) is 4.33. The van der Waals surface area contributed by atoms with E-state index in [1.54, 1.807) is 19.2 Å². The largest absolute Gasteiger partial charge is 0.394 e. The molecule has 17 heavy (non-hydrogen) atoms. The van der Waals surface area contributed by atoms with Crippen molar-refractivity contribution in [3.8, 4) is 0 Å². The van der Waals surface area contributed by atoms with Crippen LogP contribution in [-0.2, 0) is 14.6 Å². The maximum Gasteiger partial charge on any atom is 0.175 e. The van der Waals surface area contributed by atoms with Crippen LogP contribution in [0.3, 0.4) is 0 Å². The molecule has 2 N–H and O–H groups in total. The second kappa shape index (κ2) is 6.00. The normalized spacial score (nSPS) is 13.4. The van der Waals surface area contributed by atoms with Crippen molar-refractivity contribution in [2.45, 2.75) is 10.9 Å². The predicted octanol–water partition coefficient (Wildman–Crippen LogP) is 0.509. The minimum Gasteiger partial charge on any atom is -0.394 e. The van der Waals surface area contributed by atoms with Gasteiger partial charge in [0.1, 0.15) is 0 Å². The molecule has 0 aliphatic carbocycles. The van der Waals surface area contributed by atoms with E-state index in [0.717, 1.165) is 11.9 Å². The summed E-state index contributed by atoms with van der Waals surface area (Å²) in [5.74, 6) is 0. The quantitative estimate of drug-likeness (QED) is 0.778. The van der Waals surface area contributed by atoms with E-state index >= 15 is 0 Å². The number of sulfone groups is 1. The van der Waals surface area contributed by atoms with E-state index in [1.165, 1.54) is 12.1 Å². The smallest absolute Gasteiger partial charge is 0.175 e. The van der Waals surface area contributed by atoms with Crippen molar-refractivity contribution >= 4 is 15.5 Å². The van der Waals surface area contributed by atoms with Gasteiger partial charge in [-0.25, -0.2) is 8.42 Å². The van der Waals surface area contributed by atoms with Crippen LogP contribution in [0.25, 0.3) is 0 Å². The number of hydrogen-bond donors (Lipinski definition) is 2. The summed E-state index contributed by atoms with van der Waals surface area (Å²) in [4.78, 5) is 0.273. The first-order valence-electron chi connectivity index (χ1n) is 5.14. The molecule has 1 aromatic carbocycles. The third-order valence-electron chi connectivity index (χ3n) is 2.24. The molecule has 0 spiro atoms. The van der Waals surface area contributed by atoms with Gasteiger partial charge in [0.2, 0.25) is 0 Å². The Labute approximate surface area is 101 Å². The molecule has 0 fully saturated rings. The Hall–Kier alpha value is -1.11. The van der Waals surface area contributed by atoms with Gasteiger partial charge in [0, 0.05) is 19.1 Å².